The van der Waals surface area contributed by atoms with Crippen molar-refractivity contribution in [1.82, 2.24) is 5.32 Å². The SMILES string of the molecule is COCC(CCBr)NC(=O)c1cc(Cl)ccc1Cl. The van der Waals surface area contributed by atoms with Gasteiger partial charge < -0.3 is 10.1 Å². The fourth-order valence-electron chi connectivity index (χ4n) is 1.46. The maximum absolute atomic E-state index is 12.1. The standard InChI is InChI=1S/C12H14BrCl2NO2/c1-18-7-9(4-5-13)16-12(17)10-6-8(14)2-3-11(10)15/h2-3,6,9H,4-5,7H2,1H3,(H,16,17). The number of amides is 1. The molecule has 0 aliphatic rings. The summed E-state index contributed by atoms with van der Waals surface area (Å²) in [6, 6.07) is 4.74. The second-order valence-electron chi connectivity index (χ2n) is 3.73. The minimum absolute atomic E-state index is 0.0584. The van der Waals surface area contributed by atoms with E-state index in [9.17, 15) is 4.79 Å². The number of hydrogen-bond donors (Lipinski definition) is 1. The molecule has 0 aliphatic heterocycles. The quantitative estimate of drug-likeness (QED) is 0.793. The van der Waals surface area contributed by atoms with Gasteiger partial charge in [0.25, 0.3) is 5.91 Å². The third-order valence-corrected chi connectivity index (χ3v) is 3.36. The van der Waals surface area contributed by atoms with Gasteiger partial charge in [-0.25, -0.2) is 0 Å². The molecule has 0 radical (unpaired) electrons. The van der Waals surface area contributed by atoms with E-state index in [0.717, 1.165) is 11.8 Å². The Morgan fingerprint density at radius 1 is 1.50 bits per heavy atom. The summed E-state index contributed by atoms with van der Waals surface area (Å²) in [4.78, 5) is 12.1. The Morgan fingerprint density at radius 3 is 2.83 bits per heavy atom. The highest BCUT2D eigenvalue weighted by Crippen LogP contribution is 2.20. The maximum atomic E-state index is 12.1. The van der Waals surface area contributed by atoms with Gasteiger partial charge in [0.1, 0.15) is 0 Å². The van der Waals surface area contributed by atoms with Gasteiger partial charge in [0.2, 0.25) is 0 Å². The van der Waals surface area contributed by atoms with Crippen LogP contribution in [0, 0.1) is 0 Å². The summed E-state index contributed by atoms with van der Waals surface area (Å²) in [5.41, 5.74) is 0.375. The number of halogens is 3. The largest absolute Gasteiger partial charge is 0.383 e. The van der Waals surface area contributed by atoms with Gasteiger partial charge in [-0.15, -0.1) is 0 Å². The molecule has 0 heterocycles. The van der Waals surface area contributed by atoms with Crippen molar-refractivity contribution in [3.8, 4) is 0 Å². The molecule has 3 nitrogen and oxygen atoms in total. The molecule has 1 aromatic rings. The van der Waals surface area contributed by atoms with E-state index in [1.165, 1.54) is 0 Å². The van der Waals surface area contributed by atoms with Crippen LogP contribution in [0.1, 0.15) is 16.8 Å². The van der Waals surface area contributed by atoms with Crippen LogP contribution in [0.5, 0.6) is 0 Å². The predicted octanol–water partition coefficient (Wildman–Crippen LogP) is 3.52. The molecule has 1 unspecified atom stereocenters. The smallest absolute Gasteiger partial charge is 0.253 e. The Kier molecular flexibility index (Phi) is 7.00. The second-order valence-corrected chi connectivity index (χ2v) is 5.36. The molecular weight excluding hydrogens is 341 g/mol. The third-order valence-electron chi connectivity index (χ3n) is 2.33. The maximum Gasteiger partial charge on any atom is 0.253 e. The summed E-state index contributed by atoms with van der Waals surface area (Å²) >= 11 is 15.2. The first-order chi connectivity index (χ1) is 8.58. The molecule has 1 amide bonds. The lowest BCUT2D eigenvalue weighted by atomic mass is 10.1. The number of ether oxygens (including phenoxy) is 1. The molecule has 1 atom stereocenters. The Balaban J connectivity index is 2.76. The number of nitrogens with one attached hydrogen (secondary N) is 1. The molecule has 1 N–H and O–H groups in total. The van der Waals surface area contributed by atoms with E-state index < -0.39 is 0 Å². The highest BCUT2D eigenvalue weighted by molar-refractivity contribution is 9.09. The highest BCUT2D eigenvalue weighted by Gasteiger charge is 2.15. The number of carbonyl (C=O) groups excluding carboxylic acids is 1. The van der Waals surface area contributed by atoms with E-state index in [4.69, 9.17) is 27.9 Å². The van der Waals surface area contributed by atoms with Crippen molar-refractivity contribution in [3.63, 3.8) is 0 Å². The first-order valence-electron chi connectivity index (χ1n) is 5.39. The van der Waals surface area contributed by atoms with Gasteiger partial charge in [-0.3, -0.25) is 4.79 Å². The molecule has 18 heavy (non-hydrogen) atoms. The summed E-state index contributed by atoms with van der Waals surface area (Å²) in [5.74, 6) is -0.245. The van der Waals surface area contributed by atoms with E-state index in [-0.39, 0.29) is 11.9 Å². The highest BCUT2D eigenvalue weighted by atomic mass is 79.9. The van der Waals surface area contributed by atoms with Gasteiger partial charge in [-0.05, 0) is 24.6 Å². The Morgan fingerprint density at radius 2 is 2.22 bits per heavy atom. The van der Waals surface area contributed by atoms with E-state index in [1.807, 2.05) is 0 Å². The van der Waals surface area contributed by atoms with Crippen LogP contribution >= 0.6 is 39.1 Å². The molecule has 0 spiro atoms. The third kappa shape index (κ3) is 4.76. The van der Waals surface area contributed by atoms with Gasteiger partial charge in [-0.2, -0.15) is 0 Å². The van der Waals surface area contributed by atoms with E-state index in [0.29, 0.717) is 22.2 Å². The van der Waals surface area contributed by atoms with Crippen molar-refractivity contribution in [1.29, 1.82) is 0 Å². The van der Waals surface area contributed by atoms with Crippen molar-refractivity contribution in [2.75, 3.05) is 19.0 Å². The monoisotopic (exact) mass is 353 g/mol. The number of benzene rings is 1. The van der Waals surface area contributed by atoms with Crippen LogP contribution in [0.3, 0.4) is 0 Å². The molecule has 0 aromatic heterocycles. The molecular formula is C12H14BrCl2NO2. The van der Waals surface area contributed by atoms with Gasteiger partial charge >= 0.3 is 0 Å². The van der Waals surface area contributed by atoms with Crippen LogP contribution in [-0.4, -0.2) is 31.0 Å². The van der Waals surface area contributed by atoms with Crippen molar-refractivity contribution in [2.24, 2.45) is 0 Å². The average Bonchev–Trinajstić information content (AvgIpc) is 2.33. The number of carbonyl (C=O) groups is 1. The van der Waals surface area contributed by atoms with Crippen LogP contribution < -0.4 is 5.32 Å². The molecule has 6 heteroatoms. The van der Waals surface area contributed by atoms with Gasteiger partial charge in [0, 0.05) is 17.5 Å². The lowest BCUT2D eigenvalue weighted by Gasteiger charge is -2.17. The Hall–Kier alpha value is -0.290. The minimum Gasteiger partial charge on any atom is -0.383 e. The topological polar surface area (TPSA) is 38.3 Å². The summed E-state index contributed by atoms with van der Waals surface area (Å²) in [7, 11) is 1.60. The second kappa shape index (κ2) is 8.00. The fraction of sp³-hybridized carbons (Fsp3) is 0.417. The fourth-order valence-corrected chi connectivity index (χ4v) is 2.39. The summed E-state index contributed by atoms with van der Waals surface area (Å²) in [5, 5.41) is 4.51. The van der Waals surface area contributed by atoms with E-state index in [2.05, 4.69) is 21.2 Å². The van der Waals surface area contributed by atoms with E-state index in [1.54, 1.807) is 25.3 Å². The molecule has 1 aromatic carbocycles. The average molecular weight is 355 g/mol. The Labute approximate surface area is 125 Å². The Bertz CT molecular complexity index is 409. The zero-order chi connectivity index (χ0) is 13.5. The lowest BCUT2D eigenvalue weighted by molar-refractivity contribution is 0.0895. The molecule has 0 bridgehead atoms. The number of rotatable bonds is 6. The number of hydrogen-bond acceptors (Lipinski definition) is 2. The summed E-state index contributed by atoms with van der Waals surface area (Å²) in [6.07, 6.45) is 0.776. The van der Waals surface area contributed by atoms with Gasteiger partial charge in [0.15, 0.2) is 0 Å². The molecule has 0 fully saturated rings. The molecule has 0 saturated carbocycles. The van der Waals surface area contributed by atoms with Crippen molar-refractivity contribution in [3.05, 3.63) is 33.8 Å². The van der Waals surface area contributed by atoms with Crippen molar-refractivity contribution >= 4 is 45.0 Å². The minimum atomic E-state index is -0.245. The van der Waals surface area contributed by atoms with Crippen LogP contribution in [-0.2, 0) is 4.74 Å². The van der Waals surface area contributed by atoms with Gasteiger partial charge in [-0.1, -0.05) is 39.1 Å². The van der Waals surface area contributed by atoms with Crippen molar-refractivity contribution in [2.45, 2.75) is 12.5 Å². The van der Waals surface area contributed by atoms with Crippen LogP contribution in [0.2, 0.25) is 10.0 Å². The van der Waals surface area contributed by atoms with Gasteiger partial charge in [0.05, 0.1) is 23.2 Å². The first-order valence-corrected chi connectivity index (χ1v) is 7.27. The lowest BCUT2D eigenvalue weighted by Crippen LogP contribution is -2.38. The van der Waals surface area contributed by atoms with Crippen LogP contribution in [0.4, 0.5) is 0 Å². The molecule has 1 rings (SSSR count). The number of methoxy groups -OCH3 is 1. The predicted molar refractivity (Wildman–Crippen MR) is 78.0 cm³/mol. The molecule has 100 valence electrons. The molecule has 0 aliphatic carbocycles. The zero-order valence-electron chi connectivity index (χ0n) is 9.88. The first kappa shape index (κ1) is 15.8. The van der Waals surface area contributed by atoms with E-state index >= 15 is 0 Å². The van der Waals surface area contributed by atoms with Crippen LogP contribution in [0.15, 0.2) is 18.2 Å². The van der Waals surface area contributed by atoms with Crippen LogP contribution in [0.25, 0.3) is 0 Å². The summed E-state index contributed by atoms with van der Waals surface area (Å²) < 4.78 is 5.05. The summed E-state index contributed by atoms with van der Waals surface area (Å²) in [6.45, 7) is 0.454. The molecule has 0 saturated heterocycles. The normalized spacial score (nSPS) is 12.2. The number of alkyl halides is 1. The zero-order valence-corrected chi connectivity index (χ0v) is 13.0. The van der Waals surface area contributed by atoms with Crippen molar-refractivity contribution < 1.29 is 9.53 Å².